The molecular weight excluding hydrogens is 471 g/mol. The first-order valence-corrected chi connectivity index (χ1v) is 12.7. The number of nitrogens with one attached hydrogen (secondary N) is 1. The molecule has 0 aromatic heterocycles. The minimum atomic E-state index is -3.63. The second-order valence-corrected chi connectivity index (χ2v) is 11.3. The zero-order valence-corrected chi connectivity index (χ0v) is 20.0. The summed E-state index contributed by atoms with van der Waals surface area (Å²) in [6.45, 7) is 4.29. The zero-order chi connectivity index (χ0) is 22.2. The van der Waals surface area contributed by atoms with Crippen LogP contribution in [-0.2, 0) is 10.0 Å². The molecule has 0 amide bonds. The number of hydrogen-bond donors (Lipinski definition) is 1. The molecule has 0 unspecified atom stereocenters. The van der Waals surface area contributed by atoms with Crippen LogP contribution >= 0.6 is 35.0 Å². The minimum Gasteiger partial charge on any atom is -0.247 e. The van der Waals surface area contributed by atoms with Gasteiger partial charge in [-0.25, -0.2) is 18.1 Å². The Balaban J connectivity index is 1.86. The van der Waals surface area contributed by atoms with Crippen molar-refractivity contribution in [2.75, 3.05) is 6.54 Å². The van der Waals surface area contributed by atoms with Crippen molar-refractivity contribution in [2.45, 2.75) is 28.5 Å². The molecule has 0 radical (unpaired) electrons. The lowest BCUT2D eigenvalue weighted by Crippen LogP contribution is -2.27. The number of aliphatic imine (C=N–C) groups is 1. The number of rotatable bonds is 5. The van der Waals surface area contributed by atoms with Crippen molar-refractivity contribution in [1.82, 2.24) is 4.72 Å². The van der Waals surface area contributed by atoms with Gasteiger partial charge in [0.1, 0.15) is 0 Å². The smallest absolute Gasteiger partial charge is 0.240 e. The van der Waals surface area contributed by atoms with E-state index in [1.54, 1.807) is 18.2 Å². The Kier molecular flexibility index (Phi) is 6.47. The molecular formula is C23H20Cl2N2O2S2. The fourth-order valence-electron chi connectivity index (χ4n) is 3.10. The molecule has 0 atom stereocenters. The van der Waals surface area contributed by atoms with E-state index in [4.69, 9.17) is 28.2 Å². The van der Waals surface area contributed by atoms with Gasteiger partial charge in [-0.1, -0.05) is 67.0 Å². The molecule has 0 aliphatic carbocycles. The molecule has 1 N–H and O–H groups in total. The van der Waals surface area contributed by atoms with E-state index in [0.717, 1.165) is 26.6 Å². The molecule has 31 heavy (non-hydrogen) atoms. The van der Waals surface area contributed by atoms with Crippen LogP contribution in [0.15, 0.2) is 80.3 Å². The highest BCUT2D eigenvalue weighted by atomic mass is 35.5. The summed E-state index contributed by atoms with van der Waals surface area (Å²) in [5.74, 6) is 0.208. The van der Waals surface area contributed by atoms with E-state index in [-0.39, 0.29) is 10.8 Å². The van der Waals surface area contributed by atoms with Gasteiger partial charge in [0.05, 0.1) is 16.3 Å². The van der Waals surface area contributed by atoms with Crippen molar-refractivity contribution >= 4 is 56.4 Å². The van der Waals surface area contributed by atoms with E-state index in [2.05, 4.69) is 4.72 Å². The predicted octanol–water partition coefficient (Wildman–Crippen LogP) is 6.56. The average Bonchev–Trinajstić information content (AvgIpc) is 2.88. The van der Waals surface area contributed by atoms with Gasteiger partial charge in [0.2, 0.25) is 10.0 Å². The van der Waals surface area contributed by atoms with Crippen LogP contribution in [-0.4, -0.2) is 20.7 Å². The average molecular weight is 491 g/mol. The molecule has 0 saturated carbocycles. The Morgan fingerprint density at radius 1 is 0.935 bits per heavy atom. The van der Waals surface area contributed by atoms with Crippen molar-refractivity contribution in [3.8, 4) is 0 Å². The lowest BCUT2D eigenvalue weighted by atomic mass is 10.0. The number of fused-ring (bicyclic) bond motifs is 2. The van der Waals surface area contributed by atoms with Crippen molar-refractivity contribution in [3.05, 3.63) is 81.8 Å². The Morgan fingerprint density at radius 2 is 1.65 bits per heavy atom. The van der Waals surface area contributed by atoms with Crippen LogP contribution in [0, 0.1) is 5.92 Å². The van der Waals surface area contributed by atoms with Crippen LogP contribution in [0.4, 0.5) is 5.69 Å². The van der Waals surface area contributed by atoms with Gasteiger partial charge in [-0.2, -0.15) is 0 Å². The SMILES string of the molecule is CC(C)CNS(=O)(=O)c1ccc2c(c1)N=C(c1ccc(Cl)cc1)c1ccc(Cl)cc1S2. The molecule has 3 aromatic carbocycles. The molecule has 1 aliphatic rings. The monoisotopic (exact) mass is 490 g/mol. The number of benzene rings is 3. The summed E-state index contributed by atoms with van der Waals surface area (Å²) in [6, 6.07) is 18.1. The van der Waals surface area contributed by atoms with Crippen LogP contribution in [0.5, 0.6) is 0 Å². The molecule has 0 saturated heterocycles. The number of nitrogens with zero attached hydrogens (tertiary/aromatic N) is 1. The zero-order valence-electron chi connectivity index (χ0n) is 16.9. The van der Waals surface area contributed by atoms with E-state index in [1.165, 1.54) is 11.8 Å². The summed E-state index contributed by atoms with van der Waals surface area (Å²) in [6.07, 6.45) is 0. The summed E-state index contributed by atoms with van der Waals surface area (Å²) in [5, 5.41) is 1.26. The van der Waals surface area contributed by atoms with Crippen molar-refractivity contribution in [1.29, 1.82) is 0 Å². The molecule has 1 heterocycles. The Morgan fingerprint density at radius 3 is 2.35 bits per heavy atom. The fourth-order valence-corrected chi connectivity index (χ4v) is 5.74. The van der Waals surface area contributed by atoms with Gasteiger partial charge in [-0.3, -0.25) is 0 Å². The van der Waals surface area contributed by atoms with E-state index >= 15 is 0 Å². The number of sulfonamides is 1. The molecule has 3 aromatic rings. The quantitative estimate of drug-likeness (QED) is 0.344. The number of halogens is 2. The first kappa shape index (κ1) is 22.4. The third kappa shape index (κ3) is 4.99. The normalized spacial score (nSPS) is 13.4. The molecule has 4 nitrogen and oxygen atoms in total. The summed E-state index contributed by atoms with van der Waals surface area (Å²) in [4.78, 5) is 6.90. The highest BCUT2D eigenvalue weighted by Gasteiger charge is 2.22. The Hall–Kier alpha value is -1.83. The summed E-state index contributed by atoms with van der Waals surface area (Å²) >= 11 is 13.8. The summed E-state index contributed by atoms with van der Waals surface area (Å²) < 4.78 is 28.2. The molecule has 8 heteroatoms. The van der Waals surface area contributed by atoms with Gasteiger partial charge >= 0.3 is 0 Å². The van der Waals surface area contributed by atoms with Crippen LogP contribution in [0.25, 0.3) is 0 Å². The highest BCUT2D eigenvalue weighted by Crippen LogP contribution is 2.43. The first-order valence-electron chi connectivity index (χ1n) is 9.69. The van der Waals surface area contributed by atoms with E-state index in [0.29, 0.717) is 22.3 Å². The molecule has 160 valence electrons. The largest absolute Gasteiger partial charge is 0.247 e. The van der Waals surface area contributed by atoms with Crippen LogP contribution in [0.2, 0.25) is 10.0 Å². The molecule has 4 rings (SSSR count). The molecule has 0 bridgehead atoms. The third-order valence-electron chi connectivity index (χ3n) is 4.69. The Bertz CT molecular complexity index is 1270. The van der Waals surface area contributed by atoms with E-state index in [9.17, 15) is 8.42 Å². The van der Waals surface area contributed by atoms with E-state index in [1.807, 2.05) is 56.3 Å². The standard InChI is InChI=1S/C23H20Cl2N2O2S2/c1-14(2)13-26-31(28,29)18-8-10-21-20(12-18)27-23(15-3-5-16(24)6-4-15)19-9-7-17(25)11-22(19)30-21/h3-12,14,26H,13H2,1-2H3. The van der Waals surface area contributed by atoms with Gasteiger partial charge in [-0.05, 0) is 48.4 Å². The van der Waals surface area contributed by atoms with Crippen molar-refractivity contribution < 1.29 is 8.42 Å². The molecule has 0 fully saturated rings. The van der Waals surface area contributed by atoms with Crippen LogP contribution in [0.3, 0.4) is 0 Å². The van der Waals surface area contributed by atoms with Gasteiger partial charge in [0.15, 0.2) is 0 Å². The van der Waals surface area contributed by atoms with Crippen molar-refractivity contribution in [3.63, 3.8) is 0 Å². The fraction of sp³-hybridized carbons (Fsp3) is 0.174. The van der Waals surface area contributed by atoms with Gasteiger partial charge in [0, 0.05) is 37.5 Å². The van der Waals surface area contributed by atoms with Gasteiger partial charge < -0.3 is 0 Å². The predicted molar refractivity (Wildman–Crippen MR) is 129 cm³/mol. The lowest BCUT2D eigenvalue weighted by molar-refractivity contribution is 0.560. The maximum absolute atomic E-state index is 12.8. The highest BCUT2D eigenvalue weighted by molar-refractivity contribution is 7.99. The van der Waals surface area contributed by atoms with Gasteiger partial charge in [-0.15, -0.1) is 0 Å². The summed E-state index contributed by atoms with van der Waals surface area (Å²) in [5.41, 5.74) is 3.14. The first-order chi connectivity index (χ1) is 14.7. The van der Waals surface area contributed by atoms with E-state index < -0.39 is 10.0 Å². The maximum atomic E-state index is 12.8. The number of hydrogen-bond acceptors (Lipinski definition) is 4. The topological polar surface area (TPSA) is 58.5 Å². The van der Waals surface area contributed by atoms with Crippen molar-refractivity contribution in [2.24, 2.45) is 10.9 Å². The second-order valence-electron chi connectivity index (χ2n) is 7.59. The second kappa shape index (κ2) is 8.96. The minimum absolute atomic E-state index is 0.190. The van der Waals surface area contributed by atoms with Gasteiger partial charge in [0.25, 0.3) is 0 Å². The maximum Gasteiger partial charge on any atom is 0.240 e. The molecule has 1 aliphatic heterocycles. The van der Waals surface area contributed by atoms with Crippen LogP contribution in [0.1, 0.15) is 25.0 Å². The third-order valence-corrected chi connectivity index (χ3v) is 7.72. The molecule has 0 spiro atoms. The lowest BCUT2D eigenvalue weighted by Gasteiger charge is -2.10. The Labute approximate surface area is 196 Å². The summed E-state index contributed by atoms with van der Waals surface area (Å²) in [7, 11) is -3.63. The van der Waals surface area contributed by atoms with Crippen LogP contribution < -0.4 is 4.72 Å².